The van der Waals surface area contributed by atoms with Crippen LogP contribution in [-0.2, 0) is 26.2 Å². The van der Waals surface area contributed by atoms with Crippen LogP contribution in [0.3, 0.4) is 0 Å². The summed E-state index contributed by atoms with van der Waals surface area (Å²) >= 11 is 6.40. The third-order valence-corrected chi connectivity index (χ3v) is 8.35. The average molecular weight is 586 g/mol. The van der Waals surface area contributed by atoms with Gasteiger partial charge in [-0.25, -0.2) is 8.42 Å². The quantitative estimate of drug-likeness (QED) is 0.300. The van der Waals surface area contributed by atoms with Crippen molar-refractivity contribution in [3.63, 3.8) is 0 Å². The SMILES string of the molecule is CCOc1ccc(N(CC(=O)N(Cc2ccccc2Cl)[C@H](C)C(=O)NCC(C)C)S(=O)(=O)c2ccccc2)cc1. The number of rotatable bonds is 13. The molecule has 214 valence electrons. The van der Waals surface area contributed by atoms with E-state index >= 15 is 0 Å². The Labute approximate surface area is 241 Å². The largest absolute Gasteiger partial charge is 0.494 e. The van der Waals surface area contributed by atoms with Gasteiger partial charge in [-0.05, 0) is 67.8 Å². The maximum Gasteiger partial charge on any atom is 0.264 e. The Hall–Kier alpha value is -3.56. The second-order valence-corrected chi connectivity index (χ2v) is 11.9. The minimum Gasteiger partial charge on any atom is -0.494 e. The fourth-order valence-electron chi connectivity index (χ4n) is 3.97. The monoisotopic (exact) mass is 585 g/mol. The first kappa shape index (κ1) is 31.0. The number of benzene rings is 3. The minimum atomic E-state index is -4.14. The lowest BCUT2D eigenvalue weighted by molar-refractivity contribution is -0.139. The first-order valence-corrected chi connectivity index (χ1v) is 15.0. The van der Waals surface area contributed by atoms with E-state index in [1.807, 2.05) is 20.8 Å². The van der Waals surface area contributed by atoms with Crippen molar-refractivity contribution >= 4 is 39.1 Å². The number of sulfonamides is 1. The van der Waals surface area contributed by atoms with E-state index in [9.17, 15) is 18.0 Å². The van der Waals surface area contributed by atoms with Gasteiger partial charge in [-0.2, -0.15) is 0 Å². The third-order valence-electron chi connectivity index (χ3n) is 6.20. The minimum absolute atomic E-state index is 0.0251. The maximum absolute atomic E-state index is 13.9. The van der Waals surface area contributed by atoms with Gasteiger partial charge >= 0.3 is 0 Å². The van der Waals surface area contributed by atoms with Crippen molar-refractivity contribution in [2.75, 3.05) is 24.0 Å². The number of ether oxygens (including phenoxy) is 1. The zero-order chi connectivity index (χ0) is 29.3. The predicted molar refractivity (Wildman–Crippen MR) is 158 cm³/mol. The summed E-state index contributed by atoms with van der Waals surface area (Å²) < 4.78 is 34.2. The number of halogens is 1. The molecule has 10 heteroatoms. The summed E-state index contributed by atoms with van der Waals surface area (Å²) in [5.74, 6) is -0.103. The second kappa shape index (κ2) is 14.2. The zero-order valence-electron chi connectivity index (χ0n) is 23.2. The highest BCUT2D eigenvalue weighted by Crippen LogP contribution is 2.27. The summed E-state index contributed by atoms with van der Waals surface area (Å²) in [6.07, 6.45) is 0. The Morgan fingerprint density at radius 2 is 1.55 bits per heavy atom. The predicted octanol–water partition coefficient (Wildman–Crippen LogP) is 5.12. The van der Waals surface area contributed by atoms with Gasteiger partial charge in [0, 0.05) is 18.1 Å². The number of carbonyl (C=O) groups excluding carboxylic acids is 2. The molecule has 3 aromatic rings. The van der Waals surface area contributed by atoms with Crippen LogP contribution in [0.2, 0.25) is 5.02 Å². The van der Waals surface area contributed by atoms with E-state index in [4.69, 9.17) is 16.3 Å². The Kier molecular flexibility index (Phi) is 11.0. The standard InChI is InChI=1S/C30H36ClN3O5S/c1-5-39-26-17-15-25(16-18-26)34(40(37,38)27-12-7-6-8-13-27)21-29(35)33(20-24-11-9-10-14-28(24)31)23(4)30(36)32-19-22(2)3/h6-18,22-23H,5,19-21H2,1-4H3,(H,32,36)/t23-/m1/s1. The zero-order valence-corrected chi connectivity index (χ0v) is 24.8. The van der Waals surface area contributed by atoms with Crippen LogP contribution in [0.4, 0.5) is 5.69 Å². The molecule has 0 aliphatic rings. The van der Waals surface area contributed by atoms with Crippen LogP contribution >= 0.6 is 11.6 Å². The molecule has 1 atom stereocenters. The van der Waals surface area contributed by atoms with Crippen molar-refractivity contribution in [2.45, 2.75) is 45.2 Å². The first-order chi connectivity index (χ1) is 19.0. The smallest absolute Gasteiger partial charge is 0.264 e. The van der Waals surface area contributed by atoms with E-state index in [0.29, 0.717) is 29.5 Å². The normalized spacial score (nSPS) is 12.1. The molecule has 0 spiro atoms. The van der Waals surface area contributed by atoms with Crippen molar-refractivity contribution in [3.8, 4) is 5.75 Å². The molecule has 40 heavy (non-hydrogen) atoms. The van der Waals surface area contributed by atoms with E-state index in [2.05, 4.69) is 5.32 Å². The highest BCUT2D eigenvalue weighted by molar-refractivity contribution is 7.92. The maximum atomic E-state index is 13.9. The van der Waals surface area contributed by atoms with Crippen LogP contribution < -0.4 is 14.4 Å². The lowest BCUT2D eigenvalue weighted by atomic mass is 10.1. The average Bonchev–Trinajstić information content (AvgIpc) is 2.94. The second-order valence-electron chi connectivity index (χ2n) is 9.68. The summed E-state index contributed by atoms with van der Waals surface area (Å²) in [4.78, 5) is 28.4. The van der Waals surface area contributed by atoms with Gasteiger partial charge in [-0.3, -0.25) is 13.9 Å². The molecule has 0 fully saturated rings. The van der Waals surface area contributed by atoms with Gasteiger partial charge in [0.1, 0.15) is 18.3 Å². The van der Waals surface area contributed by atoms with Crippen LogP contribution in [-0.4, -0.2) is 50.9 Å². The molecule has 3 aromatic carbocycles. The van der Waals surface area contributed by atoms with Crippen LogP contribution in [0, 0.1) is 5.92 Å². The molecule has 0 saturated carbocycles. The Bertz CT molecular complexity index is 1380. The van der Waals surface area contributed by atoms with Crippen LogP contribution in [0.1, 0.15) is 33.3 Å². The summed E-state index contributed by atoms with van der Waals surface area (Å²) in [5, 5.41) is 3.31. The molecule has 0 aromatic heterocycles. The molecular formula is C30H36ClN3O5S. The van der Waals surface area contributed by atoms with Crippen LogP contribution in [0.25, 0.3) is 0 Å². The van der Waals surface area contributed by atoms with E-state index < -0.39 is 28.5 Å². The van der Waals surface area contributed by atoms with Crippen molar-refractivity contribution < 1.29 is 22.7 Å². The number of nitrogens with zero attached hydrogens (tertiary/aromatic N) is 2. The van der Waals surface area contributed by atoms with Gasteiger partial charge in [0.2, 0.25) is 11.8 Å². The van der Waals surface area contributed by atoms with Gasteiger partial charge in [-0.15, -0.1) is 0 Å². The molecule has 2 amide bonds. The molecule has 0 heterocycles. The van der Waals surface area contributed by atoms with Crippen molar-refractivity contribution in [1.29, 1.82) is 0 Å². The summed E-state index contributed by atoms with van der Waals surface area (Å²) in [7, 11) is -4.14. The first-order valence-electron chi connectivity index (χ1n) is 13.2. The third kappa shape index (κ3) is 7.99. The van der Waals surface area contributed by atoms with Gasteiger partial charge in [0.15, 0.2) is 0 Å². The number of hydrogen-bond acceptors (Lipinski definition) is 5. The van der Waals surface area contributed by atoms with Gasteiger partial charge in [-0.1, -0.05) is 61.8 Å². The number of nitrogens with one attached hydrogen (secondary N) is 1. The summed E-state index contributed by atoms with van der Waals surface area (Å²) in [6.45, 7) is 7.81. The molecule has 3 rings (SSSR count). The van der Waals surface area contributed by atoms with Crippen LogP contribution in [0.5, 0.6) is 5.75 Å². The number of carbonyl (C=O) groups is 2. The molecule has 0 radical (unpaired) electrons. The molecule has 8 nitrogen and oxygen atoms in total. The summed E-state index contributed by atoms with van der Waals surface area (Å²) in [6, 6.07) is 20.6. The number of hydrogen-bond donors (Lipinski definition) is 1. The van der Waals surface area contributed by atoms with E-state index in [-0.39, 0.29) is 29.0 Å². The van der Waals surface area contributed by atoms with Gasteiger partial charge < -0.3 is 15.0 Å². The van der Waals surface area contributed by atoms with E-state index in [1.165, 1.54) is 17.0 Å². The molecule has 0 unspecified atom stereocenters. The van der Waals surface area contributed by atoms with Crippen molar-refractivity contribution in [1.82, 2.24) is 10.2 Å². The van der Waals surface area contributed by atoms with Crippen molar-refractivity contribution in [3.05, 3.63) is 89.4 Å². The molecule has 0 aliphatic carbocycles. The fraction of sp³-hybridized carbons (Fsp3) is 0.333. The Morgan fingerprint density at radius 3 is 2.15 bits per heavy atom. The van der Waals surface area contributed by atoms with Crippen molar-refractivity contribution in [2.24, 2.45) is 5.92 Å². The van der Waals surface area contributed by atoms with Gasteiger partial charge in [0.05, 0.1) is 17.2 Å². The van der Waals surface area contributed by atoms with Gasteiger partial charge in [0.25, 0.3) is 10.0 Å². The van der Waals surface area contributed by atoms with Crippen LogP contribution in [0.15, 0.2) is 83.8 Å². The lowest BCUT2D eigenvalue weighted by Gasteiger charge is -2.32. The molecule has 0 saturated heterocycles. The Balaban J connectivity index is 2.01. The molecule has 0 bridgehead atoms. The molecule has 0 aliphatic heterocycles. The fourth-order valence-corrected chi connectivity index (χ4v) is 5.60. The van der Waals surface area contributed by atoms with E-state index in [1.54, 1.807) is 73.7 Å². The van der Waals surface area contributed by atoms with E-state index in [0.717, 1.165) is 4.31 Å². The topological polar surface area (TPSA) is 96.0 Å². The lowest BCUT2D eigenvalue weighted by Crippen LogP contribution is -2.51. The number of anilines is 1. The molecular weight excluding hydrogens is 550 g/mol. The molecule has 1 N–H and O–H groups in total. The Morgan fingerprint density at radius 1 is 0.925 bits per heavy atom. The number of amides is 2. The highest BCUT2D eigenvalue weighted by atomic mass is 35.5. The highest BCUT2D eigenvalue weighted by Gasteiger charge is 2.32. The summed E-state index contributed by atoms with van der Waals surface area (Å²) in [5.41, 5.74) is 0.926.